The number of carbonyl (C=O) groups excluding carboxylic acids is 2. The van der Waals surface area contributed by atoms with Crippen LogP contribution in [0.2, 0.25) is 0 Å². The van der Waals surface area contributed by atoms with E-state index in [1.165, 1.54) is 12.4 Å². The van der Waals surface area contributed by atoms with E-state index in [9.17, 15) is 14.4 Å². The standard InChI is InChI=1S/C21H25N5O3/c1-2-4-19(27)22-11-18-16-9-15(17-5-3-6-20(28)26(17)18)12-25(13-16)21(29)14-7-8-23-24-10-14/h3,5-8,10,15-16,18H,2,4,9,11-13H2,1H3,(H,22,27)/t15-,16+,18+/m1/s1. The minimum absolute atomic E-state index is 0.00763. The molecule has 1 N–H and O–H groups in total. The molecule has 0 aromatic carbocycles. The van der Waals surface area contributed by atoms with E-state index in [-0.39, 0.29) is 35.3 Å². The summed E-state index contributed by atoms with van der Waals surface area (Å²) in [5, 5.41) is 10.5. The largest absolute Gasteiger partial charge is 0.354 e. The number of nitrogens with zero attached hydrogens (tertiary/aromatic N) is 4. The fourth-order valence-electron chi connectivity index (χ4n) is 4.60. The molecule has 3 atom stereocenters. The molecule has 0 aliphatic carbocycles. The molecule has 2 aliphatic heterocycles. The number of piperidine rings is 1. The lowest BCUT2D eigenvalue weighted by Crippen LogP contribution is -2.53. The molecule has 2 aromatic rings. The van der Waals surface area contributed by atoms with E-state index in [1.807, 2.05) is 22.5 Å². The number of hydrogen-bond donors (Lipinski definition) is 1. The van der Waals surface area contributed by atoms with E-state index in [4.69, 9.17) is 0 Å². The number of fused-ring (bicyclic) bond motifs is 4. The normalized spacial score (nSPS) is 22.7. The maximum atomic E-state index is 13.0. The first-order valence-corrected chi connectivity index (χ1v) is 10.1. The maximum absolute atomic E-state index is 13.0. The molecule has 29 heavy (non-hydrogen) atoms. The Balaban J connectivity index is 1.63. The number of rotatable bonds is 5. The van der Waals surface area contributed by atoms with Crippen LogP contribution in [0.5, 0.6) is 0 Å². The van der Waals surface area contributed by atoms with Crippen LogP contribution in [0.25, 0.3) is 0 Å². The van der Waals surface area contributed by atoms with Crippen LogP contribution >= 0.6 is 0 Å². The highest BCUT2D eigenvalue weighted by Gasteiger charge is 2.41. The number of amides is 2. The van der Waals surface area contributed by atoms with Gasteiger partial charge in [0, 0.05) is 43.7 Å². The fraction of sp³-hybridized carbons (Fsp3) is 0.476. The first kappa shape index (κ1) is 19.3. The molecular weight excluding hydrogens is 370 g/mol. The van der Waals surface area contributed by atoms with Crippen molar-refractivity contribution in [3.63, 3.8) is 0 Å². The lowest BCUT2D eigenvalue weighted by molar-refractivity contribution is -0.121. The quantitative estimate of drug-likeness (QED) is 0.824. The highest BCUT2D eigenvalue weighted by atomic mass is 16.2. The van der Waals surface area contributed by atoms with Gasteiger partial charge in [0.2, 0.25) is 5.91 Å². The van der Waals surface area contributed by atoms with Crippen molar-refractivity contribution < 1.29 is 9.59 Å². The van der Waals surface area contributed by atoms with Gasteiger partial charge in [0.1, 0.15) is 0 Å². The minimum Gasteiger partial charge on any atom is -0.354 e. The number of aromatic nitrogens is 3. The Morgan fingerprint density at radius 1 is 1.21 bits per heavy atom. The van der Waals surface area contributed by atoms with E-state index in [2.05, 4.69) is 15.5 Å². The van der Waals surface area contributed by atoms with Crippen molar-refractivity contribution in [1.82, 2.24) is 25.0 Å². The van der Waals surface area contributed by atoms with Crippen molar-refractivity contribution in [3.8, 4) is 0 Å². The third-order valence-electron chi connectivity index (χ3n) is 5.90. The second-order valence-corrected chi connectivity index (χ2v) is 7.81. The monoisotopic (exact) mass is 395 g/mol. The zero-order chi connectivity index (χ0) is 20.4. The third kappa shape index (κ3) is 3.79. The van der Waals surface area contributed by atoms with Crippen LogP contribution in [-0.4, -0.2) is 51.1 Å². The van der Waals surface area contributed by atoms with Gasteiger partial charge in [-0.2, -0.15) is 10.2 Å². The van der Waals surface area contributed by atoms with Crippen LogP contribution in [0.1, 0.15) is 54.2 Å². The van der Waals surface area contributed by atoms with Crippen LogP contribution < -0.4 is 10.9 Å². The van der Waals surface area contributed by atoms with Gasteiger partial charge in [-0.1, -0.05) is 13.0 Å². The molecule has 0 spiro atoms. The maximum Gasteiger partial charge on any atom is 0.255 e. The minimum atomic E-state index is -0.165. The molecule has 152 valence electrons. The zero-order valence-corrected chi connectivity index (χ0v) is 16.5. The Morgan fingerprint density at radius 2 is 2.07 bits per heavy atom. The van der Waals surface area contributed by atoms with E-state index in [0.717, 1.165) is 18.5 Å². The molecule has 0 radical (unpaired) electrons. The Bertz CT molecular complexity index is 958. The Hall–Kier alpha value is -3.03. The van der Waals surface area contributed by atoms with Crippen molar-refractivity contribution in [2.45, 2.75) is 38.1 Å². The van der Waals surface area contributed by atoms with Crippen molar-refractivity contribution in [2.24, 2.45) is 5.92 Å². The Kier molecular flexibility index (Phi) is 5.42. The molecule has 2 aliphatic rings. The Morgan fingerprint density at radius 3 is 2.83 bits per heavy atom. The molecule has 8 heteroatoms. The molecule has 4 heterocycles. The summed E-state index contributed by atoms with van der Waals surface area (Å²) in [7, 11) is 0. The van der Waals surface area contributed by atoms with Gasteiger partial charge >= 0.3 is 0 Å². The molecule has 1 fully saturated rings. The van der Waals surface area contributed by atoms with Crippen molar-refractivity contribution in [1.29, 1.82) is 0 Å². The van der Waals surface area contributed by atoms with Gasteiger partial charge in [-0.3, -0.25) is 14.4 Å². The van der Waals surface area contributed by atoms with Crippen LogP contribution in [-0.2, 0) is 4.79 Å². The van der Waals surface area contributed by atoms with Gasteiger partial charge in [0.05, 0.1) is 24.0 Å². The molecule has 2 amide bonds. The van der Waals surface area contributed by atoms with E-state index in [0.29, 0.717) is 31.6 Å². The van der Waals surface area contributed by atoms with Crippen LogP contribution in [0, 0.1) is 5.92 Å². The average molecular weight is 395 g/mol. The second kappa shape index (κ2) is 8.14. The zero-order valence-electron chi connectivity index (χ0n) is 16.5. The molecule has 2 aromatic heterocycles. The molecule has 0 saturated carbocycles. The summed E-state index contributed by atoms with van der Waals surface area (Å²) in [5.41, 5.74) is 1.40. The summed E-state index contributed by atoms with van der Waals surface area (Å²) in [4.78, 5) is 39.5. The van der Waals surface area contributed by atoms with Gasteiger partial charge < -0.3 is 14.8 Å². The van der Waals surface area contributed by atoms with Crippen LogP contribution in [0.4, 0.5) is 0 Å². The summed E-state index contributed by atoms with van der Waals surface area (Å²) in [6, 6.07) is 6.80. The SMILES string of the molecule is CCCC(=O)NC[C@H]1[C@H]2C[C@H](CN(C(=O)c3ccnnc3)C2)c2cccc(=O)n21. The number of pyridine rings is 1. The average Bonchev–Trinajstić information content (AvgIpc) is 2.74. The molecule has 8 nitrogen and oxygen atoms in total. The highest BCUT2D eigenvalue weighted by molar-refractivity contribution is 5.93. The lowest BCUT2D eigenvalue weighted by Gasteiger charge is -2.47. The molecule has 0 unspecified atom stereocenters. The van der Waals surface area contributed by atoms with E-state index >= 15 is 0 Å². The first-order valence-electron chi connectivity index (χ1n) is 10.1. The summed E-state index contributed by atoms with van der Waals surface area (Å²) in [6.45, 7) is 3.47. The topological polar surface area (TPSA) is 97.2 Å². The summed E-state index contributed by atoms with van der Waals surface area (Å²) in [6.07, 6.45) is 5.14. The van der Waals surface area contributed by atoms with Gasteiger partial charge in [-0.05, 0) is 30.9 Å². The van der Waals surface area contributed by atoms with Gasteiger partial charge in [-0.15, -0.1) is 0 Å². The molecule has 1 saturated heterocycles. The smallest absolute Gasteiger partial charge is 0.255 e. The Labute approximate surface area is 168 Å². The van der Waals surface area contributed by atoms with Crippen LogP contribution in [0.15, 0.2) is 41.5 Å². The van der Waals surface area contributed by atoms with Gasteiger partial charge in [-0.25, -0.2) is 0 Å². The van der Waals surface area contributed by atoms with E-state index in [1.54, 1.807) is 18.2 Å². The molecular formula is C21H25N5O3. The number of carbonyl (C=O) groups is 2. The predicted molar refractivity (Wildman–Crippen MR) is 106 cm³/mol. The van der Waals surface area contributed by atoms with E-state index < -0.39 is 0 Å². The highest BCUT2D eigenvalue weighted by Crippen LogP contribution is 2.41. The number of nitrogens with one attached hydrogen (secondary N) is 1. The van der Waals surface area contributed by atoms with Crippen molar-refractivity contribution >= 4 is 11.8 Å². The molecule has 2 bridgehead atoms. The van der Waals surface area contributed by atoms with Gasteiger partial charge in [0.25, 0.3) is 11.5 Å². The van der Waals surface area contributed by atoms with Crippen molar-refractivity contribution in [2.75, 3.05) is 19.6 Å². The number of hydrogen-bond acceptors (Lipinski definition) is 5. The predicted octanol–water partition coefficient (Wildman–Crippen LogP) is 1.36. The summed E-state index contributed by atoms with van der Waals surface area (Å²) < 4.78 is 1.83. The summed E-state index contributed by atoms with van der Waals surface area (Å²) in [5.74, 6) is 0.118. The lowest BCUT2D eigenvalue weighted by atomic mass is 9.78. The number of likely N-dealkylation sites (tertiary alicyclic amines) is 1. The summed E-state index contributed by atoms with van der Waals surface area (Å²) >= 11 is 0. The molecule has 4 rings (SSSR count). The third-order valence-corrected chi connectivity index (χ3v) is 5.90. The first-order chi connectivity index (χ1) is 14.1. The van der Waals surface area contributed by atoms with Crippen LogP contribution in [0.3, 0.4) is 0 Å². The second-order valence-electron chi connectivity index (χ2n) is 7.81. The van der Waals surface area contributed by atoms with Gasteiger partial charge in [0.15, 0.2) is 0 Å². The van der Waals surface area contributed by atoms with Crippen molar-refractivity contribution in [3.05, 3.63) is 58.3 Å². The fourth-order valence-corrected chi connectivity index (χ4v) is 4.60.